The predicted octanol–water partition coefficient (Wildman–Crippen LogP) is 1.01. The maximum Gasteiger partial charge on any atom is 0.354 e. The van der Waals surface area contributed by atoms with Crippen molar-refractivity contribution in [3.63, 3.8) is 0 Å². The zero-order valence-corrected chi connectivity index (χ0v) is 15.2. The van der Waals surface area contributed by atoms with Crippen LogP contribution in [0.2, 0.25) is 0 Å². The number of methoxy groups -OCH3 is 1. The second kappa shape index (κ2) is 6.70. The lowest BCUT2D eigenvalue weighted by Crippen LogP contribution is -2.69. The van der Waals surface area contributed by atoms with Gasteiger partial charge in [0.1, 0.15) is 17.1 Å². The van der Waals surface area contributed by atoms with Gasteiger partial charge in [0.25, 0.3) is 0 Å². The van der Waals surface area contributed by atoms with Crippen LogP contribution in [-0.2, 0) is 23.9 Å². The molecule has 1 amide bonds. The van der Waals surface area contributed by atoms with Crippen LogP contribution in [0.1, 0.15) is 27.7 Å². The van der Waals surface area contributed by atoms with Gasteiger partial charge in [-0.05, 0) is 27.7 Å². The maximum absolute atomic E-state index is 12.1. The van der Waals surface area contributed by atoms with Crippen molar-refractivity contribution in [3.8, 4) is 0 Å². The van der Waals surface area contributed by atoms with Crippen LogP contribution in [0, 0.1) is 5.41 Å². The lowest BCUT2D eigenvalue weighted by atomic mass is 9.97. The molecule has 3 atom stereocenters. The summed E-state index contributed by atoms with van der Waals surface area (Å²) in [5, 5.41) is -0.428. The van der Waals surface area contributed by atoms with Gasteiger partial charge >= 0.3 is 11.9 Å². The highest BCUT2D eigenvalue weighted by Gasteiger charge is 2.54. The van der Waals surface area contributed by atoms with Gasteiger partial charge in [-0.1, -0.05) is 11.8 Å². The second-order valence-corrected chi connectivity index (χ2v) is 7.45. The van der Waals surface area contributed by atoms with Crippen molar-refractivity contribution in [1.82, 2.24) is 4.90 Å². The number of carbonyl (C=O) groups is 3. The molecule has 0 aliphatic carbocycles. The molecular weight excluding hydrogens is 344 g/mol. The molecule has 7 nitrogen and oxygen atoms in total. The van der Waals surface area contributed by atoms with E-state index in [0.717, 1.165) is 0 Å². The molecule has 2 aliphatic rings. The average molecular weight is 365 g/mol. The first-order chi connectivity index (χ1) is 10.1. The van der Waals surface area contributed by atoms with E-state index in [9.17, 15) is 14.4 Å². The van der Waals surface area contributed by atoms with Gasteiger partial charge in [0.15, 0.2) is 5.44 Å². The first kappa shape index (κ1) is 19.8. The van der Waals surface area contributed by atoms with Gasteiger partial charge in [0, 0.05) is 5.57 Å². The lowest BCUT2D eigenvalue weighted by molar-refractivity contribution is -0.155. The number of ether oxygens (including phenoxy) is 2. The fourth-order valence-corrected chi connectivity index (χ4v) is 3.47. The molecule has 2 aliphatic heterocycles. The van der Waals surface area contributed by atoms with Crippen LogP contribution in [0.4, 0.5) is 0 Å². The van der Waals surface area contributed by atoms with Crippen LogP contribution >= 0.6 is 24.2 Å². The first-order valence-electron chi connectivity index (χ1n) is 6.84. The number of esters is 2. The van der Waals surface area contributed by atoms with E-state index in [1.807, 2.05) is 0 Å². The van der Waals surface area contributed by atoms with Crippen LogP contribution in [0.15, 0.2) is 11.3 Å². The van der Waals surface area contributed by atoms with E-state index in [2.05, 4.69) is 0 Å². The minimum absolute atomic E-state index is 0. The van der Waals surface area contributed by atoms with Crippen LogP contribution in [0.3, 0.4) is 0 Å². The number of thioether (sulfide) groups is 1. The third kappa shape index (κ3) is 3.34. The van der Waals surface area contributed by atoms with Crippen LogP contribution in [0.5, 0.6) is 0 Å². The Hall–Kier alpha value is -1.25. The summed E-state index contributed by atoms with van der Waals surface area (Å²) >= 11 is 1.25. The number of halogens is 1. The summed E-state index contributed by atoms with van der Waals surface area (Å²) in [5.74, 6) is -1.36. The van der Waals surface area contributed by atoms with Crippen molar-refractivity contribution in [2.45, 2.75) is 44.5 Å². The molecule has 1 fully saturated rings. The summed E-state index contributed by atoms with van der Waals surface area (Å²) in [6.45, 7) is 6.88. The molecule has 0 bridgehead atoms. The number of fused-ring (bicyclic) bond motifs is 1. The van der Waals surface area contributed by atoms with Gasteiger partial charge in [-0.25, -0.2) is 4.79 Å². The van der Waals surface area contributed by atoms with Crippen LogP contribution in [0.25, 0.3) is 0 Å². The zero-order chi connectivity index (χ0) is 16.8. The van der Waals surface area contributed by atoms with E-state index in [4.69, 9.17) is 15.2 Å². The summed E-state index contributed by atoms with van der Waals surface area (Å²) in [6.07, 6.45) is 0. The fraction of sp³-hybridized carbons (Fsp3) is 0.643. The first-order valence-corrected chi connectivity index (χ1v) is 7.78. The molecule has 130 valence electrons. The molecule has 23 heavy (non-hydrogen) atoms. The fourth-order valence-electron chi connectivity index (χ4n) is 2.15. The molecule has 2 N–H and O–H groups in total. The molecule has 0 aromatic carbocycles. The third-order valence-corrected chi connectivity index (χ3v) is 5.00. The smallest absolute Gasteiger partial charge is 0.354 e. The Bertz CT molecular complexity index is 572. The molecule has 0 radical (unpaired) electrons. The Kier molecular flexibility index (Phi) is 5.77. The van der Waals surface area contributed by atoms with Crippen molar-refractivity contribution < 1.29 is 23.9 Å². The van der Waals surface area contributed by atoms with E-state index < -0.39 is 28.2 Å². The average Bonchev–Trinajstić information content (AvgIpc) is 2.46. The zero-order valence-electron chi connectivity index (χ0n) is 13.6. The molecule has 1 saturated heterocycles. The van der Waals surface area contributed by atoms with Crippen molar-refractivity contribution in [3.05, 3.63) is 11.3 Å². The molecule has 1 unspecified atom stereocenters. The number of hydrogen-bond acceptors (Lipinski definition) is 7. The van der Waals surface area contributed by atoms with Gasteiger partial charge in [-0.3, -0.25) is 14.5 Å². The summed E-state index contributed by atoms with van der Waals surface area (Å²) in [5.41, 5.74) is 5.04. The van der Waals surface area contributed by atoms with Crippen LogP contribution < -0.4 is 5.73 Å². The Balaban J connectivity index is 0.00000264. The summed E-state index contributed by atoms with van der Waals surface area (Å²) in [7, 11) is 1.24. The highest BCUT2D eigenvalue weighted by molar-refractivity contribution is 8.00. The Labute approximate surface area is 145 Å². The van der Waals surface area contributed by atoms with E-state index >= 15 is 0 Å². The quantitative estimate of drug-likeness (QED) is 0.576. The van der Waals surface area contributed by atoms with Gasteiger partial charge in [-0.15, -0.1) is 12.4 Å². The number of rotatable bonds is 2. The van der Waals surface area contributed by atoms with Crippen molar-refractivity contribution in [1.29, 1.82) is 0 Å². The lowest BCUT2D eigenvalue weighted by Gasteiger charge is -2.49. The number of hydrogen-bond donors (Lipinski definition) is 1. The molecule has 0 spiro atoms. The Morgan fingerprint density at radius 1 is 1.30 bits per heavy atom. The van der Waals surface area contributed by atoms with E-state index in [0.29, 0.717) is 5.57 Å². The van der Waals surface area contributed by atoms with Gasteiger partial charge in [0.2, 0.25) is 5.91 Å². The molecule has 2 rings (SSSR count). The number of nitrogens with zero attached hydrogens (tertiary/aromatic N) is 1. The molecule has 9 heteroatoms. The Morgan fingerprint density at radius 2 is 1.87 bits per heavy atom. The van der Waals surface area contributed by atoms with Gasteiger partial charge in [-0.2, -0.15) is 0 Å². The minimum atomic E-state index is -0.714. The molecule has 0 aromatic heterocycles. The summed E-state index contributed by atoms with van der Waals surface area (Å²) < 4.78 is 10.2. The van der Waals surface area contributed by atoms with Gasteiger partial charge < -0.3 is 15.2 Å². The predicted molar refractivity (Wildman–Crippen MR) is 87.5 cm³/mol. The van der Waals surface area contributed by atoms with Crippen molar-refractivity contribution >= 4 is 42.0 Å². The van der Waals surface area contributed by atoms with E-state index in [1.165, 1.54) is 23.8 Å². The van der Waals surface area contributed by atoms with Crippen molar-refractivity contribution in [2.75, 3.05) is 7.11 Å². The Morgan fingerprint density at radius 3 is 2.35 bits per heavy atom. The summed E-state index contributed by atoms with van der Waals surface area (Å²) in [4.78, 5) is 37.3. The SMILES string of the molecule is COC(=O)C1=C(C)C(OC(=O)C(C)(C)C)S[C@@H]2[C@H](N)C(=O)N12.Cl. The largest absolute Gasteiger partial charge is 0.464 e. The van der Waals surface area contributed by atoms with Crippen LogP contribution in [-0.4, -0.2) is 46.7 Å². The standard InChI is InChI=1S/C14H20N2O5S.ClH/c1-6-8(11(18)20-5)16-9(17)7(15)10(16)22-12(6)21-13(19)14(2,3)4;/h7,10,12H,15H2,1-5H3;1H/t7-,10-,12?;/m1./s1. The maximum atomic E-state index is 12.1. The third-order valence-electron chi connectivity index (χ3n) is 3.52. The number of nitrogens with two attached hydrogens (primary N) is 1. The van der Waals surface area contributed by atoms with E-state index in [1.54, 1.807) is 27.7 Å². The molecule has 0 saturated carbocycles. The normalized spacial score (nSPS) is 26.8. The second-order valence-electron chi connectivity index (χ2n) is 6.27. The number of amides is 1. The minimum Gasteiger partial charge on any atom is -0.464 e. The monoisotopic (exact) mass is 364 g/mol. The highest BCUT2D eigenvalue weighted by Crippen LogP contribution is 2.44. The molecule has 2 heterocycles. The highest BCUT2D eigenvalue weighted by atomic mass is 35.5. The summed E-state index contributed by atoms with van der Waals surface area (Å²) in [6, 6.07) is -0.714. The molecular formula is C14H21ClN2O5S. The van der Waals surface area contributed by atoms with Gasteiger partial charge in [0.05, 0.1) is 12.5 Å². The van der Waals surface area contributed by atoms with Crippen molar-refractivity contribution in [2.24, 2.45) is 11.1 Å². The topological polar surface area (TPSA) is 98.9 Å². The molecule has 0 aromatic rings. The van der Waals surface area contributed by atoms with E-state index in [-0.39, 0.29) is 30.0 Å². The number of carbonyl (C=O) groups excluding carboxylic acids is 3. The number of β-lactam (4-membered cyclic amide) rings is 1.